The Labute approximate surface area is 208 Å². The summed E-state index contributed by atoms with van der Waals surface area (Å²) in [6.07, 6.45) is 3.29. The second-order valence-electron chi connectivity index (χ2n) is 8.06. The van der Waals surface area contributed by atoms with E-state index in [2.05, 4.69) is 31.9 Å². The first-order chi connectivity index (χ1) is 17.8. The van der Waals surface area contributed by atoms with Crippen molar-refractivity contribution in [1.82, 2.24) is 24.7 Å². The molecule has 3 heterocycles. The number of hydrogen-bond donors (Lipinski definition) is 2. The third-order valence-corrected chi connectivity index (χ3v) is 5.41. The number of carbonyl (C=O) groups excluding carboxylic acids is 1. The van der Waals surface area contributed by atoms with Gasteiger partial charge in [0.15, 0.2) is 5.65 Å². The van der Waals surface area contributed by atoms with Crippen molar-refractivity contribution in [2.24, 2.45) is 0 Å². The Hall–Kier alpha value is -4.93. The van der Waals surface area contributed by atoms with E-state index >= 15 is 0 Å². The van der Waals surface area contributed by atoms with Gasteiger partial charge in [-0.05, 0) is 35.9 Å². The van der Waals surface area contributed by atoms with Crippen LogP contribution in [0.25, 0.3) is 22.3 Å². The molecule has 5 aromatic rings. The van der Waals surface area contributed by atoms with Crippen LogP contribution in [0.4, 0.5) is 18.9 Å². The molecular formula is C26H19F3N6O2. The van der Waals surface area contributed by atoms with Crippen LogP contribution in [0, 0.1) is 0 Å². The Morgan fingerprint density at radius 2 is 2.00 bits per heavy atom. The van der Waals surface area contributed by atoms with Crippen molar-refractivity contribution in [3.63, 3.8) is 0 Å². The number of fused-ring (bicyclic) bond motifs is 1. The van der Waals surface area contributed by atoms with Gasteiger partial charge in [-0.1, -0.05) is 24.8 Å². The summed E-state index contributed by atoms with van der Waals surface area (Å²) in [5.41, 5.74) is 2.78. The van der Waals surface area contributed by atoms with E-state index in [1.807, 2.05) is 0 Å². The summed E-state index contributed by atoms with van der Waals surface area (Å²) >= 11 is 0. The summed E-state index contributed by atoms with van der Waals surface area (Å²) in [5.74, 6) is 0.335. The van der Waals surface area contributed by atoms with E-state index in [0.29, 0.717) is 39.3 Å². The van der Waals surface area contributed by atoms with Gasteiger partial charge in [-0.25, -0.2) is 9.97 Å². The Bertz CT molecular complexity index is 1610. The molecule has 186 valence electrons. The highest BCUT2D eigenvalue weighted by Crippen LogP contribution is 2.31. The molecule has 2 aromatic carbocycles. The van der Waals surface area contributed by atoms with Crippen molar-refractivity contribution >= 4 is 22.8 Å². The Balaban J connectivity index is 1.37. The molecule has 1 amide bonds. The van der Waals surface area contributed by atoms with Gasteiger partial charge in [-0.2, -0.15) is 18.3 Å². The molecule has 2 N–H and O–H groups in total. The minimum atomic E-state index is -4.41. The van der Waals surface area contributed by atoms with Gasteiger partial charge in [0.2, 0.25) is 11.8 Å². The van der Waals surface area contributed by atoms with E-state index in [0.717, 1.165) is 12.1 Å². The van der Waals surface area contributed by atoms with Gasteiger partial charge in [0.25, 0.3) is 0 Å². The Morgan fingerprint density at radius 1 is 1.16 bits per heavy atom. The van der Waals surface area contributed by atoms with Crippen LogP contribution >= 0.6 is 0 Å². The first-order valence-corrected chi connectivity index (χ1v) is 11.0. The van der Waals surface area contributed by atoms with Crippen molar-refractivity contribution in [2.45, 2.75) is 12.7 Å². The van der Waals surface area contributed by atoms with Gasteiger partial charge in [0.1, 0.15) is 11.3 Å². The molecule has 0 bridgehead atoms. The number of anilines is 1. The van der Waals surface area contributed by atoms with E-state index in [4.69, 9.17) is 4.74 Å². The van der Waals surface area contributed by atoms with Crippen LogP contribution in [0.2, 0.25) is 0 Å². The molecule has 0 unspecified atom stereocenters. The zero-order valence-electron chi connectivity index (χ0n) is 19.2. The number of nitrogens with zero attached hydrogens (tertiary/aromatic N) is 4. The molecule has 8 nitrogen and oxygen atoms in total. The van der Waals surface area contributed by atoms with Crippen LogP contribution < -0.4 is 10.1 Å². The molecule has 0 fully saturated rings. The molecule has 0 saturated carbocycles. The van der Waals surface area contributed by atoms with Crippen molar-refractivity contribution in [2.75, 3.05) is 5.32 Å². The van der Waals surface area contributed by atoms with E-state index in [9.17, 15) is 18.0 Å². The summed E-state index contributed by atoms with van der Waals surface area (Å²) in [7, 11) is 0. The highest BCUT2D eigenvalue weighted by molar-refractivity contribution is 5.99. The average molecular weight is 504 g/mol. The number of amides is 1. The largest absolute Gasteiger partial charge is 0.437 e. The van der Waals surface area contributed by atoms with Gasteiger partial charge in [0, 0.05) is 35.3 Å². The molecule has 0 aliphatic heterocycles. The number of hydrogen-bond acceptors (Lipinski definition) is 5. The molecule has 0 radical (unpaired) electrons. The lowest BCUT2D eigenvalue weighted by Gasteiger charge is -2.08. The number of aromatic nitrogens is 5. The van der Waals surface area contributed by atoms with Gasteiger partial charge in [-0.15, -0.1) is 0 Å². The predicted octanol–water partition coefficient (Wildman–Crippen LogP) is 5.81. The lowest BCUT2D eigenvalue weighted by molar-refractivity contribution is -0.137. The first-order valence-electron chi connectivity index (χ1n) is 11.0. The zero-order valence-corrected chi connectivity index (χ0v) is 19.2. The number of rotatable bonds is 7. The maximum Gasteiger partial charge on any atom is 0.416 e. The smallest absolute Gasteiger partial charge is 0.416 e. The van der Waals surface area contributed by atoms with E-state index in [1.54, 1.807) is 53.6 Å². The summed E-state index contributed by atoms with van der Waals surface area (Å²) in [6, 6.07) is 11.9. The fraction of sp³-hybridized carbons (Fsp3) is 0.0769. The minimum Gasteiger partial charge on any atom is -0.437 e. The molecule has 0 spiro atoms. The van der Waals surface area contributed by atoms with Crippen molar-refractivity contribution in [3.8, 4) is 22.8 Å². The van der Waals surface area contributed by atoms with Crippen molar-refractivity contribution < 1.29 is 22.7 Å². The Kier molecular flexibility index (Phi) is 6.18. The minimum absolute atomic E-state index is 0.172. The SMILES string of the molecule is C=CC(=O)Nc1cccc(Oc2cnc3[nH]cc(-c4cnn(Cc5cccc(C(F)(F)F)c5)c4)c3n2)c1. The van der Waals surface area contributed by atoms with Crippen LogP contribution in [0.5, 0.6) is 11.6 Å². The lowest BCUT2D eigenvalue weighted by Crippen LogP contribution is -2.07. The van der Waals surface area contributed by atoms with Gasteiger partial charge >= 0.3 is 6.18 Å². The molecule has 0 aliphatic rings. The number of benzene rings is 2. The first kappa shape index (κ1) is 23.8. The molecule has 0 aliphatic carbocycles. The molecule has 0 saturated heterocycles. The number of aromatic amines is 1. The summed E-state index contributed by atoms with van der Waals surface area (Å²) in [6.45, 7) is 3.60. The number of halogens is 3. The zero-order chi connectivity index (χ0) is 26.0. The number of carbonyl (C=O) groups is 1. The maximum absolute atomic E-state index is 13.0. The monoisotopic (exact) mass is 504 g/mol. The normalized spacial score (nSPS) is 11.4. The number of ether oxygens (including phenoxy) is 1. The number of nitrogens with one attached hydrogen (secondary N) is 2. The van der Waals surface area contributed by atoms with Crippen LogP contribution in [-0.4, -0.2) is 30.6 Å². The van der Waals surface area contributed by atoms with Gasteiger partial charge in [0.05, 0.1) is 24.5 Å². The van der Waals surface area contributed by atoms with E-state index < -0.39 is 11.7 Å². The number of alkyl halides is 3. The molecular weight excluding hydrogens is 485 g/mol. The summed E-state index contributed by atoms with van der Waals surface area (Å²) in [5, 5.41) is 6.96. The van der Waals surface area contributed by atoms with Crippen molar-refractivity contribution in [3.05, 3.63) is 97.1 Å². The van der Waals surface area contributed by atoms with E-state index in [-0.39, 0.29) is 18.3 Å². The third-order valence-electron chi connectivity index (χ3n) is 5.41. The second kappa shape index (κ2) is 9.61. The molecule has 3 aromatic heterocycles. The van der Waals surface area contributed by atoms with Gasteiger partial charge in [-0.3, -0.25) is 9.48 Å². The predicted molar refractivity (Wildman–Crippen MR) is 131 cm³/mol. The maximum atomic E-state index is 13.0. The second-order valence-corrected chi connectivity index (χ2v) is 8.06. The molecule has 37 heavy (non-hydrogen) atoms. The Morgan fingerprint density at radius 3 is 2.81 bits per heavy atom. The van der Waals surface area contributed by atoms with Crippen LogP contribution in [0.3, 0.4) is 0 Å². The summed E-state index contributed by atoms with van der Waals surface area (Å²) < 4.78 is 46.5. The fourth-order valence-corrected chi connectivity index (χ4v) is 3.72. The average Bonchev–Trinajstić information content (AvgIpc) is 3.50. The van der Waals surface area contributed by atoms with Gasteiger partial charge < -0.3 is 15.0 Å². The molecule has 11 heteroatoms. The molecule has 5 rings (SSSR count). The molecule has 0 atom stereocenters. The number of H-pyrrole nitrogens is 1. The lowest BCUT2D eigenvalue weighted by atomic mass is 10.1. The third kappa shape index (κ3) is 5.35. The standard InChI is InChI=1S/C26H19F3N6O2/c1-2-22(36)33-19-7-4-8-20(10-19)37-23-13-31-25-24(34-23)21(12-30-25)17-11-32-35(15-17)14-16-5-3-6-18(9-16)26(27,28)29/h2-13,15H,1,14H2,(H,30,31)(H,33,36). The highest BCUT2D eigenvalue weighted by atomic mass is 19.4. The topological polar surface area (TPSA) is 97.7 Å². The van der Waals surface area contributed by atoms with Crippen LogP contribution in [0.1, 0.15) is 11.1 Å². The van der Waals surface area contributed by atoms with E-state index in [1.165, 1.54) is 18.3 Å². The van der Waals surface area contributed by atoms with Crippen LogP contribution in [0.15, 0.2) is 86.0 Å². The van der Waals surface area contributed by atoms with Crippen LogP contribution in [-0.2, 0) is 17.5 Å². The summed E-state index contributed by atoms with van der Waals surface area (Å²) in [4.78, 5) is 23.5. The fourth-order valence-electron chi connectivity index (χ4n) is 3.72. The quantitative estimate of drug-likeness (QED) is 0.273. The highest BCUT2D eigenvalue weighted by Gasteiger charge is 2.30. The van der Waals surface area contributed by atoms with Crippen molar-refractivity contribution in [1.29, 1.82) is 0 Å².